The second kappa shape index (κ2) is 4.90. The van der Waals surface area contributed by atoms with E-state index in [1.807, 2.05) is 29.6 Å². The molecular formula is C12H10FNOS. The maximum absolute atomic E-state index is 12.8. The Hall–Kier alpha value is -1.68. The van der Waals surface area contributed by atoms with Gasteiger partial charge in [0.25, 0.3) is 0 Å². The van der Waals surface area contributed by atoms with Gasteiger partial charge in [0.1, 0.15) is 12.1 Å². The quantitative estimate of drug-likeness (QED) is 0.822. The molecule has 0 amide bonds. The highest BCUT2D eigenvalue weighted by Gasteiger charge is 2.05. The Morgan fingerprint density at radius 3 is 3.06 bits per heavy atom. The maximum atomic E-state index is 12.8. The van der Waals surface area contributed by atoms with Crippen LogP contribution >= 0.6 is 11.3 Å². The zero-order valence-corrected chi connectivity index (χ0v) is 9.25. The van der Waals surface area contributed by atoms with Gasteiger partial charge in [0.2, 0.25) is 0 Å². The van der Waals surface area contributed by atoms with Crippen LogP contribution in [0.5, 0.6) is 0 Å². The molecule has 0 radical (unpaired) electrons. The van der Waals surface area contributed by atoms with Crippen LogP contribution in [0.1, 0.15) is 4.88 Å². The first kappa shape index (κ1) is 10.8. The maximum Gasteiger partial charge on any atom is 0.139 e. The molecule has 16 heavy (non-hydrogen) atoms. The molecule has 2 nitrogen and oxygen atoms in total. The molecule has 0 saturated heterocycles. The van der Waals surface area contributed by atoms with Crippen molar-refractivity contribution in [2.45, 2.75) is 6.42 Å². The highest BCUT2D eigenvalue weighted by molar-refractivity contribution is 7.10. The zero-order valence-electron chi connectivity index (χ0n) is 8.43. The second-order valence-electron chi connectivity index (χ2n) is 3.27. The molecule has 2 rings (SSSR count). The fourth-order valence-electron chi connectivity index (χ4n) is 1.35. The van der Waals surface area contributed by atoms with Gasteiger partial charge in [-0.05, 0) is 18.2 Å². The smallest absolute Gasteiger partial charge is 0.139 e. The number of nitrogens with zero attached hydrogens (tertiary/aromatic N) is 1. The van der Waals surface area contributed by atoms with Crippen molar-refractivity contribution in [2.75, 3.05) is 0 Å². The predicted octanol–water partition coefficient (Wildman–Crippen LogP) is 3.72. The van der Waals surface area contributed by atoms with E-state index in [-0.39, 0.29) is 6.42 Å². The fourth-order valence-corrected chi connectivity index (χ4v) is 2.24. The third-order valence-electron chi connectivity index (χ3n) is 2.10. The van der Waals surface area contributed by atoms with Crippen molar-refractivity contribution >= 4 is 11.3 Å². The van der Waals surface area contributed by atoms with Crippen LogP contribution in [0.25, 0.3) is 11.3 Å². The number of thiophene rings is 1. The van der Waals surface area contributed by atoms with Gasteiger partial charge in [0.15, 0.2) is 0 Å². The van der Waals surface area contributed by atoms with Crippen LogP contribution in [-0.4, -0.2) is 10.1 Å². The lowest BCUT2D eigenvalue weighted by Crippen LogP contribution is -1.81. The first-order chi connectivity index (χ1) is 7.79. The Labute approximate surface area is 96.7 Å². The summed E-state index contributed by atoms with van der Waals surface area (Å²) in [6.07, 6.45) is 2.36. The highest BCUT2D eigenvalue weighted by Crippen LogP contribution is 2.25. The Morgan fingerprint density at radius 2 is 2.38 bits per heavy atom. The lowest BCUT2D eigenvalue weighted by Gasteiger charge is -1.94. The Morgan fingerprint density at radius 1 is 1.50 bits per heavy atom. The number of pyridine rings is 1. The molecule has 0 bridgehead atoms. The number of aromatic nitrogens is 1. The second-order valence-corrected chi connectivity index (χ2v) is 4.27. The summed E-state index contributed by atoms with van der Waals surface area (Å²) < 4.78 is 12.8. The number of hydrogen-bond donors (Lipinski definition) is 1. The summed E-state index contributed by atoms with van der Waals surface area (Å²) in [6.45, 7) is 0. The van der Waals surface area contributed by atoms with E-state index in [2.05, 4.69) is 4.98 Å². The van der Waals surface area contributed by atoms with Crippen LogP contribution < -0.4 is 0 Å². The van der Waals surface area contributed by atoms with Crippen LogP contribution in [0.15, 0.2) is 47.9 Å². The third kappa shape index (κ3) is 2.46. The largest absolute Gasteiger partial charge is 0.513 e. The normalized spacial score (nSPS) is 11.7. The molecule has 0 aliphatic heterocycles. The summed E-state index contributed by atoms with van der Waals surface area (Å²) in [6, 6.07) is 7.55. The minimum Gasteiger partial charge on any atom is -0.513 e. The van der Waals surface area contributed by atoms with Gasteiger partial charge in [-0.25, -0.2) is 4.39 Å². The van der Waals surface area contributed by atoms with Gasteiger partial charge in [-0.2, -0.15) is 0 Å². The summed E-state index contributed by atoms with van der Waals surface area (Å²) in [4.78, 5) is 5.07. The number of rotatable bonds is 3. The molecule has 0 unspecified atom stereocenters. The standard InChI is InChI=1S/C12H10FNOS/c13-10(7-15)6-11-5-9(8-16-11)12-3-1-2-4-14-12/h1-5,7-8,15H,6H2/b10-7-. The molecule has 0 aliphatic rings. The van der Waals surface area contributed by atoms with E-state index in [0.29, 0.717) is 6.26 Å². The van der Waals surface area contributed by atoms with Crippen molar-refractivity contribution in [3.05, 3.63) is 52.8 Å². The van der Waals surface area contributed by atoms with Gasteiger partial charge < -0.3 is 5.11 Å². The number of hydrogen-bond acceptors (Lipinski definition) is 3. The van der Waals surface area contributed by atoms with E-state index in [1.54, 1.807) is 6.20 Å². The van der Waals surface area contributed by atoms with Gasteiger partial charge >= 0.3 is 0 Å². The van der Waals surface area contributed by atoms with E-state index >= 15 is 0 Å². The number of aliphatic hydroxyl groups excluding tert-OH is 1. The molecular weight excluding hydrogens is 225 g/mol. The third-order valence-corrected chi connectivity index (χ3v) is 3.03. The zero-order chi connectivity index (χ0) is 11.4. The van der Waals surface area contributed by atoms with Crippen molar-refractivity contribution in [1.82, 2.24) is 4.98 Å². The van der Waals surface area contributed by atoms with Crippen molar-refractivity contribution in [2.24, 2.45) is 0 Å². The Bertz CT molecular complexity index is 493. The topological polar surface area (TPSA) is 33.1 Å². The monoisotopic (exact) mass is 235 g/mol. The summed E-state index contributed by atoms with van der Waals surface area (Å²) in [5.74, 6) is -0.533. The van der Waals surface area contributed by atoms with Crippen LogP contribution in [0.3, 0.4) is 0 Å². The molecule has 82 valence electrons. The Kier molecular flexibility index (Phi) is 3.31. The molecule has 0 fully saturated rings. The molecule has 0 aliphatic carbocycles. The van der Waals surface area contributed by atoms with Gasteiger partial charge in [0.05, 0.1) is 5.69 Å². The molecule has 4 heteroatoms. The molecule has 2 heterocycles. The average molecular weight is 235 g/mol. The van der Waals surface area contributed by atoms with E-state index in [4.69, 9.17) is 5.11 Å². The average Bonchev–Trinajstić information content (AvgIpc) is 2.78. The lowest BCUT2D eigenvalue weighted by molar-refractivity contribution is 0.436. The molecule has 2 aromatic rings. The van der Waals surface area contributed by atoms with Crippen molar-refractivity contribution < 1.29 is 9.50 Å². The van der Waals surface area contributed by atoms with Crippen molar-refractivity contribution in [1.29, 1.82) is 0 Å². The van der Waals surface area contributed by atoms with Crippen LogP contribution in [0.4, 0.5) is 4.39 Å². The Balaban J connectivity index is 2.20. The molecule has 0 aromatic carbocycles. The van der Waals surface area contributed by atoms with Crippen LogP contribution in [-0.2, 0) is 6.42 Å². The molecule has 1 N–H and O–H groups in total. The van der Waals surface area contributed by atoms with Crippen LogP contribution in [0, 0.1) is 0 Å². The van der Waals surface area contributed by atoms with E-state index in [1.165, 1.54) is 11.3 Å². The van der Waals surface area contributed by atoms with Gasteiger partial charge in [-0.15, -0.1) is 11.3 Å². The summed E-state index contributed by atoms with van der Waals surface area (Å²) in [5.41, 5.74) is 1.85. The molecule has 0 saturated carbocycles. The summed E-state index contributed by atoms with van der Waals surface area (Å²) in [5, 5.41) is 10.4. The van der Waals surface area contributed by atoms with Gasteiger partial charge in [0, 0.05) is 28.4 Å². The van der Waals surface area contributed by atoms with E-state index in [0.717, 1.165) is 16.1 Å². The number of halogens is 1. The minimum absolute atomic E-state index is 0.133. The fraction of sp³-hybridized carbons (Fsp3) is 0.0833. The molecule has 0 spiro atoms. The number of aliphatic hydroxyl groups is 1. The van der Waals surface area contributed by atoms with E-state index in [9.17, 15) is 4.39 Å². The highest BCUT2D eigenvalue weighted by atomic mass is 32.1. The number of allylic oxidation sites excluding steroid dienone is 1. The van der Waals surface area contributed by atoms with Crippen LogP contribution in [0.2, 0.25) is 0 Å². The molecule has 0 atom stereocenters. The summed E-state index contributed by atoms with van der Waals surface area (Å²) >= 11 is 1.46. The first-order valence-electron chi connectivity index (χ1n) is 4.77. The summed E-state index contributed by atoms with van der Waals surface area (Å²) in [7, 11) is 0. The van der Waals surface area contributed by atoms with Crippen molar-refractivity contribution in [3.8, 4) is 11.3 Å². The van der Waals surface area contributed by atoms with Crippen molar-refractivity contribution in [3.63, 3.8) is 0 Å². The molecule has 2 aromatic heterocycles. The van der Waals surface area contributed by atoms with Gasteiger partial charge in [-0.1, -0.05) is 6.07 Å². The van der Waals surface area contributed by atoms with Gasteiger partial charge in [-0.3, -0.25) is 4.98 Å². The SMILES string of the molecule is O/C=C(\F)Cc1cc(-c2ccccn2)cs1. The first-order valence-corrected chi connectivity index (χ1v) is 5.65. The van der Waals surface area contributed by atoms with E-state index < -0.39 is 5.83 Å². The predicted molar refractivity (Wildman–Crippen MR) is 63.1 cm³/mol. The minimum atomic E-state index is -0.533. The lowest BCUT2D eigenvalue weighted by atomic mass is 10.2.